The van der Waals surface area contributed by atoms with Gasteiger partial charge in [-0.1, -0.05) is 0 Å². The van der Waals surface area contributed by atoms with Gasteiger partial charge in [-0.2, -0.15) is 15.5 Å². The lowest BCUT2D eigenvalue weighted by molar-refractivity contribution is 0.0704. The van der Waals surface area contributed by atoms with E-state index in [1.807, 2.05) is 24.6 Å². The number of rotatable bonds is 2. The lowest BCUT2D eigenvalue weighted by Gasteiger charge is -2.27. The van der Waals surface area contributed by atoms with E-state index in [9.17, 15) is 4.79 Å². The summed E-state index contributed by atoms with van der Waals surface area (Å²) in [4.78, 5) is 14.7. The lowest BCUT2D eigenvalue weighted by Crippen LogP contribution is -2.38. The molecule has 0 saturated carbocycles. The van der Waals surface area contributed by atoms with Crippen molar-refractivity contribution in [3.8, 4) is 6.07 Å². The van der Waals surface area contributed by atoms with Crippen molar-refractivity contribution < 1.29 is 4.79 Å². The van der Waals surface area contributed by atoms with Crippen molar-refractivity contribution in [3.63, 3.8) is 0 Å². The molecule has 0 unspecified atom stereocenters. The number of carbonyl (C=O) groups excluding carboxylic acids is 1. The molecule has 0 spiro atoms. The van der Waals surface area contributed by atoms with Crippen molar-refractivity contribution >= 4 is 5.91 Å². The molecule has 0 radical (unpaired) electrons. The lowest BCUT2D eigenvalue weighted by atomic mass is 10.1. The minimum Gasteiger partial charge on any atom is -0.331 e. The van der Waals surface area contributed by atoms with Crippen LogP contribution in [-0.2, 0) is 13.1 Å². The third-order valence-corrected chi connectivity index (χ3v) is 4.23. The van der Waals surface area contributed by atoms with Gasteiger partial charge in [0.25, 0.3) is 5.91 Å². The number of aromatic nitrogens is 4. The number of nitriles is 1. The van der Waals surface area contributed by atoms with Gasteiger partial charge >= 0.3 is 0 Å². The second-order valence-electron chi connectivity index (χ2n) is 6.17. The van der Waals surface area contributed by atoms with E-state index in [0.29, 0.717) is 30.9 Å². The Bertz CT molecular complexity index is 807. The molecule has 3 heterocycles. The first-order valence-corrected chi connectivity index (χ1v) is 7.74. The molecule has 1 aliphatic heterocycles. The van der Waals surface area contributed by atoms with Gasteiger partial charge in [0.05, 0.1) is 30.0 Å². The van der Waals surface area contributed by atoms with Crippen molar-refractivity contribution in [1.82, 2.24) is 24.5 Å². The first kappa shape index (κ1) is 15.3. The fourth-order valence-electron chi connectivity index (χ4n) is 3.13. The number of amides is 1. The van der Waals surface area contributed by atoms with Gasteiger partial charge < -0.3 is 4.90 Å². The van der Waals surface area contributed by atoms with Gasteiger partial charge in [-0.05, 0) is 33.8 Å². The highest BCUT2D eigenvalue weighted by Crippen LogP contribution is 2.22. The summed E-state index contributed by atoms with van der Waals surface area (Å²) in [5, 5.41) is 17.6. The quantitative estimate of drug-likeness (QED) is 0.847. The van der Waals surface area contributed by atoms with Crippen LogP contribution in [0.3, 0.4) is 0 Å². The van der Waals surface area contributed by atoms with Gasteiger partial charge in [0, 0.05) is 18.3 Å². The van der Waals surface area contributed by atoms with E-state index in [4.69, 9.17) is 5.26 Å². The molecule has 23 heavy (non-hydrogen) atoms. The van der Waals surface area contributed by atoms with Crippen molar-refractivity contribution in [2.45, 2.75) is 46.8 Å². The summed E-state index contributed by atoms with van der Waals surface area (Å²) >= 11 is 0. The zero-order valence-electron chi connectivity index (χ0n) is 13.9. The molecule has 120 valence electrons. The predicted octanol–water partition coefficient (Wildman–Crippen LogP) is 1.81. The highest BCUT2D eigenvalue weighted by Gasteiger charge is 2.28. The maximum Gasteiger partial charge on any atom is 0.258 e. The summed E-state index contributed by atoms with van der Waals surface area (Å²) in [6.45, 7) is 9.59. The molecule has 0 bridgehead atoms. The van der Waals surface area contributed by atoms with Crippen molar-refractivity contribution in [3.05, 3.63) is 34.4 Å². The van der Waals surface area contributed by atoms with Crippen molar-refractivity contribution in [1.29, 1.82) is 5.26 Å². The van der Waals surface area contributed by atoms with E-state index in [1.54, 1.807) is 15.6 Å². The zero-order chi connectivity index (χ0) is 16.7. The minimum absolute atomic E-state index is 0.00198. The minimum atomic E-state index is -0.00198. The monoisotopic (exact) mass is 312 g/mol. The van der Waals surface area contributed by atoms with Gasteiger partial charge in [-0.15, -0.1) is 0 Å². The molecule has 1 amide bonds. The number of carbonyl (C=O) groups is 1. The Hall–Kier alpha value is -2.62. The third-order valence-electron chi connectivity index (χ3n) is 4.23. The average Bonchev–Trinajstić information content (AvgIpc) is 3.06. The Kier molecular flexibility index (Phi) is 3.68. The first-order valence-electron chi connectivity index (χ1n) is 7.74. The van der Waals surface area contributed by atoms with Gasteiger partial charge in [0.15, 0.2) is 5.69 Å². The van der Waals surface area contributed by atoms with Crippen LogP contribution in [0.25, 0.3) is 0 Å². The Morgan fingerprint density at radius 2 is 2.04 bits per heavy atom. The molecule has 1 aliphatic rings. The fourth-order valence-corrected chi connectivity index (χ4v) is 3.13. The molecule has 0 aliphatic carbocycles. The molecule has 0 atom stereocenters. The molecule has 0 saturated heterocycles. The van der Waals surface area contributed by atoms with Gasteiger partial charge in [-0.3, -0.25) is 14.2 Å². The van der Waals surface area contributed by atoms with E-state index in [-0.39, 0.29) is 11.9 Å². The molecular formula is C16H20N6O. The van der Waals surface area contributed by atoms with Crippen molar-refractivity contribution in [2.24, 2.45) is 0 Å². The van der Waals surface area contributed by atoms with Crippen LogP contribution in [-0.4, -0.2) is 36.9 Å². The Labute approximate surface area is 135 Å². The standard InChI is InChI=1S/C16H20N6O/c1-10(2)22-12(4)15(11(3)18-22)16(23)20-5-6-21-14(9-20)7-13(8-17)19-21/h7,10H,5-6,9H2,1-4H3. The number of hydrogen-bond acceptors (Lipinski definition) is 4. The van der Waals surface area contributed by atoms with Crippen molar-refractivity contribution in [2.75, 3.05) is 6.54 Å². The second kappa shape index (κ2) is 5.54. The molecule has 2 aromatic heterocycles. The highest BCUT2D eigenvalue weighted by atomic mass is 16.2. The van der Waals surface area contributed by atoms with E-state index >= 15 is 0 Å². The summed E-state index contributed by atoms with van der Waals surface area (Å²) in [6, 6.07) is 4.01. The third kappa shape index (κ3) is 2.50. The smallest absolute Gasteiger partial charge is 0.258 e. The molecule has 0 N–H and O–H groups in total. The normalized spacial score (nSPS) is 14.0. The van der Waals surface area contributed by atoms with E-state index in [1.165, 1.54) is 0 Å². The van der Waals surface area contributed by atoms with Gasteiger partial charge in [-0.25, -0.2) is 0 Å². The molecule has 7 nitrogen and oxygen atoms in total. The fraction of sp³-hybridized carbons (Fsp3) is 0.500. The van der Waals surface area contributed by atoms with Gasteiger partial charge in [0.2, 0.25) is 0 Å². The predicted molar refractivity (Wildman–Crippen MR) is 83.8 cm³/mol. The Balaban J connectivity index is 1.89. The summed E-state index contributed by atoms with van der Waals surface area (Å²) in [6.07, 6.45) is 0. The van der Waals surface area contributed by atoms with Crippen LogP contribution < -0.4 is 0 Å². The topological polar surface area (TPSA) is 79.7 Å². The number of aryl methyl sites for hydroxylation is 1. The van der Waals surface area contributed by atoms with Crippen LogP contribution in [0.1, 0.15) is 53.0 Å². The molecular weight excluding hydrogens is 292 g/mol. The maximum absolute atomic E-state index is 12.9. The van der Waals surface area contributed by atoms with Crippen LogP contribution in [0, 0.1) is 25.2 Å². The van der Waals surface area contributed by atoms with Gasteiger partial charge in [0.1, 0.15) is 6.07 Å². The summed E-state index contributed by atoms with van der Waals surface area (Å²) in [5.74, 6) is -0.00198. The first-order chi connectivity index (χ1) is 10.9. The van der Waals surface area contributed by atoms with Crippen LogP contribution >= 0.6 is 0 Å². The Morgan fingerprint density at radius 3 is 2.65 bits per heavy atom. The van der Waals surface area contributed by atoms with Crippen LogP contribution in [0.15, 0.2) is 6.07 Å². The van der Waals surface area contributed by atoms with E-state index < -0.39 is 0 Å². The molecule has 0 fully saturated rings. The summed E-state index contributed by atoms with van der Waals surface area (Å²) in [7, 11) is 0. The number of fused-ring (bicyclic) bond motifs is 1. The highest BCUT2D eigenvalue weighted by molar-refractivity contribution is 5.96. The number of hydrogen-bond donors (Lipinski definition) is 0. The Morgan fingerprint density at radius 1 is 1.30 bits per heavy atom. The van der Waals surface area contributed by atoms with Crippen LogP contribution in [0.2, 0.25) is 0 Å². The summed E-state index contributed by atoms with van der Waals surface area (Å²) in [5.41, 5.74) is 3.64. The van der Waals surface area contributed by atoms with Crippen LogP contribution in [0.5, 0.6) is 0 Å². The SMILES string of the molecule is Cc1nn(C(C)C)c(C)c1C(=O)N1CCn2nc(C#N)cc2C1. The molecule has 3 rings (SSSR count). The second-order valence-corrected chi connectivity index (χ2v) is 6.17. The zero-order valence-corrected chi connectivity index (χ0v) is 13.9. The largest absolute Gasteiger partial charge is 0.331 e. The molecule has 7 heteroatoms. The summed E-state index contributed by atoms with van der Waals surface area (Å²) < 4.78 is 3.70. The number of nitrogens with zero attached hydrogens (tertiary/aromatic N) is 6. The average molecular weight is 312 g/mol. The maximum atomic E-state index is 12.9. The molecule has 0 aromatic carbocycles. The van der Waals surface area contributed by atoms with E-state index in [2.05, 4.69) is 24.0 Å². The van der Waals surface area contributed by atoms with E-state index in [0.717, 1.165) is 17.1 Å². The molecule has 2 aromatic rings. The van der Waals surface area contributed by atoms with Crippen LogP contribution in [0.4, 0.5) is 0 Å².